The topological polar surface area (TPSA) is 30.7 Å². The number of nitrogens with zero attached hydrogens (tertiary/aromatic N) is 1. The van der Waals surface area contributed by atoms with Crippen LogP contribution in [-0.4, -0.2) is 17.5 Å². The molecule has 2 aromatic heterocycles. The van der Waals surface area contributed by atoms with E-state index in [1.807, 2.05) is 30.5 Å². The molecule has 0 atom stereocenters. The number of hydrogen-bond donors (Lipinski definition) is 0. The van der Waals surface area contributed by atoms with Gasteiger partial charge in [-0.15, -0.1) is 0 Å². The van der Waals surface area contributed by atoms with E-state index in [9.17, 15) is 4.79 Å². The maximum Gasteiger partial charge on any atom is 0.337 e. The highest BCUT2D eigenvalue weighted by atomic mass is 16.5. The minimum atomic E-state index is -0.284. The number of rotatable bonds is 2. The number of methoxy groups -OCH3 is 1. The van der Waals surface area contributed by atoms with Gasteiger partial charge in [-0.25, -0.2) is 4.79 Å². The summed E-state index contributed by atoms with van der Waals surface area (Å²) in [5, 5.41) is 0. The lowest BCUT2D eigenvalue weighted by atomic mass is 10.2. The molecule has 0 unspecified atom stereocenters. The summed E-state index contributed by atoms with van der Waals surface area (Å²) in [5.74, 6) is -0.284. The Kier molecular flexibility index (Phi) is 2.46. The summed E-state index contributed by atoms with van der Waals surface area (Å²) in [4.78, 5) is 11.4. The second-order valence-electron chi connectivity index (χ2n) is 3.38. The largest absolute Gasteiger partial charge is 0.465 e. The van der Waals surface area contributed by atoms with Crippen LogP contribution in [0.1, 0.15) is 23.0 Å². The first-order chi connectivity index (χ1) is 7.26. The number of fused-ring (bicyclic) bond motifs is 1. The summed E-state index contributed by atoms with van der Waals surface area (Å²) in [6.07, 6.45) is 2.88. The number of esters is 1. The van der Waals surface area contributed by atoms with E-state index in [2.05, 4.69) is 11.3 Å². The molecule has 3 nitrogen and oxygen atoms in total. The first-order valence-electron chi connectivity index (χ1n) is 4.94. The highest BCUT2D eigenvalue weighted by Crippen LogP contribution is 2.14. The predicted molar refractivity (Wildman–Crippen MR) is 58.1 cm³/mol. The van der Waals surface area contributed by atoms with E-state index in [0.717, 1.165) is 17.6 Å². The van der Waals surface area contributed by atoms with Crippen LogP contribution < -0.4 is 0 Å². The molecule has 0 spiro atoms. The van der Waals surface area contributed by atoms with Gasteiger partial charge in [0.25, 0.3) is 0 Å². The average molecular weight is 203 g/mol. The molecular formula is C12H13NO2. The molecule has 2 rings (SSSR count). The van der Waals surface area contributed by atoms with E-state index in [0.29, 0.717) is 5.56 Å². The lowest BCUT2D eigenvalue weighted by Gasteiger charge is -2.06. The summed E-state index contributed by atoms with van der Waals surface area (Å²) in [5.41, 5.74) is 2.74. The van der Waals surface area contributed by atoms with Crippen LogP contribution in [0.5, 0.6) is 0 Å². The number of carbonyl (C=O) groups is 1. The van der Waals surface area contributed by atoms with Gasteiger partial charge in [-0.2, -0.15) is 0 Å². The molecular weight excluding hydrogens is 190 g/mol. The Morgan fingerprint density at radius 2 is 2.27 bits per heavy atom. The zero-order chi connectivity index (χ0) is 10.8. The summed E-state index contributed by atoms with van der Waals surface area (Å²) in [6, 6.07) is 7.66. The standard InChI is InChI=1S/C12H13NO2/c1-3-10-7-9(12(14)15-2)8-11-5-4-6-13(10)11/h4-8H,3H2,1-2H3. The van der Waals surface area contributed by atoms with Gasteiger partial charge >= 0.3 is 5.97 Å². The fourth-order valence-electron chi connectivity index (χ4n) is 1.73. The molecule has 0 aliphatic heterocycles. The van der Waals surface area contributed by atoms with E-state index in [4.69, 9.17) is 4.74 Å². The van der Waals surface area contributed by atoms with Crippen molar-refractivity contribution in [1.29, 1.82) is 0 Å². The molecule has 0 fully saturated rings. The van der Waals surface area contributed by atoms with E-state index < -0.39 is 0 Å². The SMILES string of the molecule is CCc1cc(C(=O)OC)cc2cccn12. The fourth-order valence-corrected chi connectivity index (χ4v) is 1.73. The molecule has 0 N–H and O–H groups in total. The first kappa shape index (κ1) is 9.77. The maximum absolute atomic E-state index is 11.4. The third-order valence-electron chi connectivity index (χ3n) is 2.50. The Labute approximate surface area is 88.3 Å². The molecule has 2 heterocycles. The van der Waals surface area contributed by atoms with Crippen LogP contribution in [0.4, 0.5) is 0 Å². The molecule has 78 valence electrons. The van der Waals surface area contributed by atoms with Crippen molar-refractivity contribution in [3.05, 3.63) is 41.7 Å². The molecule has 3 heteroatoms. The Hall–Kier alpha value is -1.77. The van der Waals surface area contributed by atoms with Crippen molar-refractivity contribution >= 4 is 11.5 Å². The maximum atomic E-state index is 11.4. The number of pyridine rings is 1. The third kappa shape index (κ3) is 1.61. The zero-order valence-corrected chi connectivity index (χ0v) is 8.86. The molecule has 15 heavy (non-hydrogen) atoms. The summed E-state index contributed by atoms with van der Waals surface area (Å²) < 4.78 is 6.79. The van der Waals surface area contributed by atoms with Crippen LogP contribution >= 0.6 is 0 Å². The van der Waals surface area contributed by atoms with Crippen molar-refractivity contribution in [2.24, 2.45) is 0 Å². The quantitative estimate of drug-likeness (QED) is 0.701. The molecule has 0 saturated heterocycles. The van der Waals surface area contributed by atoms with Gasteiger partial charge in [0, 0.05) is 17.4 Å². The van der Waals surface area contributed by atoms with Crippen molar-refractivity contribution in [2.45, 2.75) is 13.3 Å². The number of carbonyl (C=O) groups excluding carboxylic acids is 1. The highest BCUT2D eigenvalue weighted by Gasteiger charge is 2.08. The van der Waals surface area contributed by atoms with Crippen molar-refractivity contribution in [3.63, 3.8) is 0 Å². The molecule has 0 aromatic carbocycles. The highest BCUT2D eigenvalue weighted by molar-refractivity contribution is 5.90. The van der Waals surface area contributed by atoms with Crippen molar-refractivity contribution in [3.8, 4) is 0 Å². The van der Waals surface area contributed by atoms with Crippen LogP contribution in [0.3, 0.4) is 0 Å². The van der Waals surface area contributed by atoms with Gasteiger partial charge in [0.05, 0.1) is 12.7 Å². The Morgan fingerprint density at radius 1 is 1.47 bits per heavy atom. The first-order valence-corrected chi connectivity index (χ1v) is 4.94. The van der Waals surface area contributed by atoms with Crippen LogP contribution in [-0.2, 0) is 11.2 Å². The second-order valence-corrected chi connectivity index (χ2v) is 3.38. The van der Waals surface area contributed by atoms with Gasteiger partial charge < -0.3 is 9.14 Å². The second kappa shape index (κ2) is 3.77. The van der Waals surface area contributed by atoms with Gasteiger partial charge in [0.15, 0.2) is 0 Å². The number of hydrogen-bond acceptors (Lipinski definition) is 2. The van der Waals surface area contributed by atoms with E-state index in [-0.39, 0.29) is 5.97 Å². The predicted octanol–water partition coefficient (Wildman–Crippen LogP) is 2.29. The van der Waals surface area contributed by atoms with Crippen LogP contribution in [0, 0.1) is 0 Å². The van der Waals surface area contributed by atoms with E-state index in [1.54, 1.807) is 0 Å². The number of aryl methyl sites for hydroxylation is 1. The average Bonchev–Trinajstić information content (AvgIpc) is 2.74. The van der Waals surface area contributed by atoms with Crippen LogP contribution in [0.2, 0.25) is 0 Å². The normalized spacial score (nSPS) is 10.5. The molecule has 0 bridgehead atoms. The summed E-state index contributed by atoms with van der Waals surface area (Å²) >= 11 is 0. The van der Waals surface area contributed by atoms with E-state index >= 15 is 0 Å². The number of aromatic nitrogens is 1. The summed E-state index contributed by atoms with van der Waals surface area (Å²) in [7, 11) is 1.40. The van der Waals surface area contributed by atoms with Gasteiger partial charge in [-0.05, 0) is 30.7 Å². The minimum Gasteiger partial charge on any atom is -0.465 e. The van der Waals surface area contributed by atoms with Gasteiger partial charge in [-0.3, -0.25) is 0 Å². The van der Waals surface area contributed by atoms with Gasteiger partial charge in [0.1, 0.15) is 0 Å². The molecule has 0 aliphatic carbocycles. The minimum absolute atomic E-state index is 0.284. The van der Waals surface area contributed by atoms with Crippen molar-refractivity contribution in [2.75, 3.05) is 7.11 Å². The molecule has 2 aromatic rings. The molecule has 0 aliphatic rings. The fraction of sp³-hybridized carbons (Fsp3) is 0.250. The number of ether oxygens (including phenoxy) is 1. The molecule has 0 amide bonds. The Balaban J connectivity index is 2.63. The molecule has 0 radical (unpaired) electrons. The Bertz CT molecular complexity index is 499. The van der Waals surface area contributed by atoms with Gasteiger partial charge in [-0.1, -0.05) is 6.92 Å². The van der Waals surface area contributed by atoms with Gasteiger partial charge in [0.2, 0.25) is 0 Å². The smallest absolute Gasteiger partial charge is 0.337 e. The summed E-state index contributed by atoms with van der Waals surface area (Å²) in [6.45, 7) is 2.07. The van der Waals surface area contributed by atoms with Crippen molar-refractivity contribution in [1.82, 2.24) is 4.40 Å². The lowest BCUT2D eigenvalue weighted by Crippen LogP contribution is -2.04. The third-order valence-corrected chi connectivity index (χ3v) is 2.50. The zero-order valence-electron chi connectivity index (χ0n) is 8.86. The van der Waals surface area contributed by atoms with Crippen LogP contribution in [0.15, 0.2) is 30.5 Å². The molecule has 0 saturated carbocycles. The van der Waals surface area contributed by atoms with Crippen molar-refractivity contribution < 1.29 is 9.53 Å². The lowest BCUT2D eigenvalue weighted by molar-refractivity contribution is 0.0600. The Morgan fingerprint density at radius 3 is 2.93 bits per heavy atom. The monoisotopic (exact) mass is 203 g/mol. The van der Waals surface area contributed by atoms with E-state index in [1.165, 1.54) is 7.11 Å². The van der Waals surface area contributed by atoms with Crippen LogP contribution in [0.25, 0.3) is 5.52 Å².